The summed E-state index contributed by atoms with van der Waals surface area (Å²) in [5.74, 6) is -0.379. The minimum absolute atomic E-state index is 0.110. The SMILES string of the molecule is N#Cc1ccccc1-c1cccc(NC(=O)N(CCO)Cc2cccc(F)c2)c1. The van der Waals surface area contributed by atoms with Crippen LogP contribution in [0.2, 0.25) is 0 Å². The smallest absolute Gasteiger partial charge is 0.322 e. The molecule has 146 valence electrons. The van der Waals surface area contributed by atoms with Gasteiger partial charge in [0.25, 0.3) is 0 Å². The molecule has 5 nitrogen and oxygen atoms in total. The minimum atomic E-state index is -0.408. The number of hydrogen-bond acceptors (Lipinski definition) is 3. The Labute approximate surface area is 168 Å². The molecule has 3 aromatic carbocycles. The van der Waals surface area contributed by atoms with E-state index < -0.39 is 6.03 Å². The zero-order valence-electron chi connectivity index (χ0n) is 15.7. The van der Waals surface area contributed by atoms with E-state index in [9.17, 15) is 19.6 Å². The van der Waals surface area contributed by atoms with Gasteiger partial charge < -0.3 is 15.3 Å². The van der Waals surface area contributed by atoms with E-state index in [-0.39, 0.29) is 25.5 Å². The number of halogens is 1. The largest absolute Gasteiger partial charge is 0.395 e. The topological polar surface area (TPSA) is 76.4 Å². The van der Waals surface area contributed by atoms with Crippen molar-refractivity contribution < 1.29 is 14.3 Å². The molecular formula is C23H20FN3O2. The molecule has 0 radical (unpaired) electrons. The van der Waals surface area contributed by atoms with E-state index in [4.69, 9.17) is 0 Å². The molecule has 2 N–H and O–H groups in total. The Balaban J connectivity index is 1.79. The van der Waals surface area contributed by atoms with Gasteiger partial charge in [-0.1, -0.05) is 42.5 Å². The normalized spacial score (nSPS) is 10.2. The number of nitriles is 1. The number of carbonyl (C=O) groups is 1. The number of carbonyl (C=O) groups excluding carboxylic acids is 1. The molecule has 0 unspecified atom stereocenters. The van der Waals surface area contributed by atoms with Crippen LogP contribution in [0.4, 0.5) is 14.9 Å². The Morgan fingerprint density at radius 1 is 1.07 bits per heavy atom. The summed E-state index contributed by atoms with van der Waals surface area (Å²) in [7, 11) is 0. The number of aliphatic hydroxyl groups is 1. The van der Waals surface area contributed by atoms with Crippen LogP contribution in [0.25, 0.3) is 11.1 Å². The highest BCUT2D eigenvalue weighted by atomic mass is 19.1. The molecule has 0 fully saturated rings. The number of nitrogens with one attached hydrogen (secondary N) is 1. The first-order valence-corrected chi connectivity index (χ1v) is 9.11. The molecule has 0 aromatic heterocycles. The highest BCUT2D eigenvalue weighted by Crippen LogP contribution is 2.26. The van der Waals surface area contributed by atoms with Crippen LogP contribution >= 0.6 is 0 Å². The van der Waals surface area contributed by atoms with E-state index in [1.807, 2.05) is 18.2 Å². The highest BCUT2D eigenvalue weighted by molar-refractivity contribution is 5.90. The molecule has 0 saturated carbocycles. The lowest BCUT2D eigenvalue weighted by molar-refractivity contribution is 0.185. The second kappa shape index (κ2) is 9.49. The van der Waals surface area contributed by atoms with Crippen molar-refractivity contribution in [2.75, 3.05) is 18.5 Å². The van der Waals surface area contributed by atoms with E-state index in [2.05, 4.69) is 11.4 Å². The summed E-state index contributed by atoms with van der Waals surface area (Å²) in [6.07, 6.45) is 0. The summed E-state index contributed by atoms with van der Waals surface area (Å²) in [6, 6.07) is 22.2. The van der Waals surface area contributed by atoms with Gasteiger partial charge in [-0.2, -0.15) is 5.26 Å². The lowest BCUT2D eigenvalue weighted by Crippen LogP contribution is -2.36. The Morgan fingerprint density at radius 3 is 2.62 bits per heavy atom. The van der Waals surface area contributed by atoms with Gasteiger partial charge in [0.1, 0.15) is 5.82 Å². The number of benzene rings is 3. The number of amides is 2. The molecule has 2 amide bonds. The van der Waals surface area contributed by atoms with Gasteiger partial charge in [0.05, 0.1) is 18.2 Å². The molecule has 0 saturated heterocycles. The summed E-state index contributed by atoms with van der Waals surface area (Å²) >= 11 is 0. The minimum Gasteiger partial charge on any atom is -0.395 e. The molecule has 0 aliphatic rings. The maximum Gasteiger partial charge on any atom is 0.322 e. The van der Waals surface area contributed by atoms with Crippen molar-refractivity contribution in [3.63, 3.8) is 0 Å². The number of aliphatic hydroxyl groups excluding tert-OH is 1. The molecule has 0 atom stereocenters. The Morgan fingerprint density at radius 2 is 1.86 bits per heavy atom. The summed E-state index contributed by atoms with van der Waals surface area (Å²) in [6.45, 7) is 0.0682. The second-order valence-corrected chi connectivity index (χ2v) is 6.44. The van der Waals surface area contributed by atoms with Crippen molar-refractivity contribution in [1.82, 2.24) is 4.90 Å². The molecule has 3 rings (SSSR count). The number of hydrogen-bond donors (Lipinski definition) is 2. The van der Waals surface area contributed by atoms with Crippen molar-refractivity contribution in [2.24, 2.45) is 0 Å². The molecule has 0 heterocycles. The van der Waals surface area contributed by atoms with Crippen molar-refractivity contribution in [1.29, 1.82) is 5.26 Å². The van der Waals surface area contributed by atoms with Crippen LogP contribution in [0, 0.1) is 17.1 Å². The molecule has 6 heteroatoms. The number of rotatable bonds is 6. The Bertz CT molecular complexity index is 1050. The van der Waals surface area contributed by atoms with Gasteiger partial charge in [0.2, 0.25) is 0 Å². The number of anilines is 1. The molecule has 3 aromatic rings. The van der Waals surface area contributed by atoms with Gasteiger partial charge >= 0.3 is 6.03 Å². The lowest BCUT2D eigenvalue weighted by Gasteiger charge is -2.22. The average Bonchev–Trinajstić information content (AvgIpc) is 2.73. The van der Waals surface area contributed by atoms with Crippen LogP contribution in [0.5, 0.6) is 0 Å². The van der Waals surface area contributed by atoms with E-state index in [1.54, 1.807) is 42.5 Å². The van der Waals surface area contributed by atoms with Gasteiger partial charge in [-0.15, -0.1) is 0 Å². The van der Waals surface area contributed by atoms with Crippen LogP contribution in [0.15, 0.2) is 72.8 Å². The molecule has 0 aliphatic carbocycles. The molecule has 0 spiro atoms. The fourth-order valence-corrected chi connectivity index (χ4v) is 3.03. The summed E-state index contributed by atoms with van der Waals surface area (Å²) < 4.78 is 13.4. The van der Waals surface area contributed by atoms with E-state index in [1.165, 1.54) is 17.0 Å². The molecule has 0 aliphatic heterocycles. The monoisotopic (exact) mass is 389 g/mol. The predicted octanol–water partition coefficient (Wildman–Crippen LogP) is 4.39. The summed E-state index contributed by atoms with van der Waals surface area (Å²) in [5, 5.41) is 21.4. The van der Waals surface area contributed by atoms with Crippen LogP contribution in [0.1, 0.15) is 11.1 Å². The summed E-state index contributed by atoms with van der Waals surface area (Å²) in [4.78, 5) is 14.1. The standard InChI is InChI=1S/C23H20FN3O2/c24-20-8-3-5-17(13-20)16-27(11-12-28)23(29)26-21-9-4-7-18(14-21)22-10-2-1-6-19(22)15-25/h1-10,13-14,28H,11-12,16H2,(H,26,29). The van der Waals surface area contributed by atoms with Crippen LogP contribution < -0.4 is 5.32 Å². The van der Waals surface area contributed by atoms with E-state index >= 15 is 0 Å². The summed E-state index contributed by atoms with van der Waals surface area (Å²) in [5.41, 5.74) is 3.31. The zero-order valence-corrected chi connectivity index (χ0v) is 15.7. The van der Waals surface area contributed by atoms with Crippen LogP contribution in [-0.4, -0.2) is 29.2 Å². The van der Waals surface area contributed by atoms with Crippen molar-refractivity contribution in [3.8, 4) is 17.2 Å². The number of urea groups is 1. The first-order valence-electron chi connectivity index (χ1n) is 9.11. The van der Waals surface area contributed by atoms with E-state index in [0.717, 1.165) is 11.1 Å². The fraction of sp³-hybridized carbons (Fsp3) is 0.130. The first kappa shape index (κ1) is 20.1. The lowest BCUT2D eigenvalue weighted by atomic mass is 10.00. The highest BCUT2D eigenvalue weighted by Gasteiger charge is 2.15. The van der Waals surface area contributed by atoms with Gasteiger partial charge in [-0.05, 0) is 47.0 Å². The van der Waals surface area contributed by atoms with Gasteiger partial charge in [-0.25, -0.2) is 9.18 Å². The van der Waals surface area contributed by atoms with Gasteiger partial charge in [-0.3, -0.25) is 0 Å². The maximum atomic E-state index is 13.4. The third-order valence-electron chi connectivity index (χ3n) is 4.39. The molecule has 0 bridgehead atoms. The maximum absolute atomic E-state index is 13.4. The van der Waals surface area contributed by atoms with E-state index in [0.29, 0.717) is 16.8 Å². The third-order valence-corrected chi connectivity index (χ3v) is 4.39. The van der Waals surface area contributed by atoms with Crippen molar-refractivity contribution in [2.45, 2.75) is 6.54 Å². The molecule has 29 heavy (non-hydrogen) atoms. The fourth-order valence-electron chi connectivity index (χ4n) is 3.03. The number of nitrogens with zero attached hydrogens (tertiary/aromatic N) is 2. The van der Waals surface area contributed by atoms with Crippen molar-refractivity contribution >= 4 is 11.7 Å². The quantitative estimate of drug-likeness (QED) is 0.656. The van der Waals surface area contributed by atoms with Crippen molar-refractivity contribution in [3.05, 3.63) is 89.7 Å². The van der Waals surface area contributed by atoms with Crippen LogP contribution in [-0.2, 0) is 6.54 Å². The average molecular weight is 389 g/mol. The van der Waals surface area contributed by atoms with Crippen LogP contribution in [0.3, 0.4) is 0 Å². The van der Waals surface area contributed by atoms with Gasteiger partial charge in [0, 0.05) is 18.8 Å². The molecular weight excluding hydrogens is 369 g/mol. The van der Waals surface area contributed by atoms with Gasteiger partial charge in [0.15, 0.2) is 0 Å². The zero-order chi connectivity index (χ0) is 20.6. The Hall–Kier alpha value is -3.69. The predicted molar refractivity (Wildman–Crippen MR) is 110 cm³/mol. The third kappa shape index (κ3) is 5.18. The second-order valence-electron chi connectivity index (χ2n) is 6.44. The first-order chi connectivity index (χ1) is 14.1. The Kier molecular flexibility index (Phi) is 6.56.